The van der Waals surface area contributed by atoms with E-state index >= 15 is 0 Å². The van der Waals surface area contributed by atoms with Crippen molar-refractivity contribution < 1.29 is 13.6 Å². The van der Waals surface area contributed by atoms with E-state index in [1.807, 2.05) is 6.07 Å². The molecule has 1 amide bonds. The molecule has 1 aliphatic heterocycles. The van der Waals surface area contributed by atoms with Gasteiger partial charge in [-0.1, -0.05) is 18.2 Å². The maximum atomic E-state index is 13.7. The van der Waals surface area contributed by atoms with Crippen molar-refractivity contribution in [3.05, 3.63) is 59.8 Å². The molecule has 1 saturated heterocycles. The van der Waals surface area contributed by atoms with E-state index in [2.05, 4.69) is 15.2 Å². The Morgan fingerprint density at radius 3 is 2.54 bits per heavy atom. The van der Waals surface area contributed by atoms with Crippen molar-refractivity contribution in [2.45, 2.75) is 6.42 Å². The molecule has 0 unspecified atom stereocenters. The first kappa shape index (κ1) is 18.0. The summed E-state index contributed by atoms with van der Waals surface area (Å²) in [6.07, 6.45) is 2.09. The SMILES string of the molecule is CN=C(NCCc1ccccc1F)N1CCN(C(=O)c2ccco2)CC1. The lowest BCUT2D eigenvalue weighted by atomic mass is 10.1. The molecule has 0 saturated carbocycles. The zero-order chi connectivity index (χ0) is 18.4. The van der Waals surface area contributed by atoms with E-state index in [1.54, 1.807) is 36.2 Å². The quantitative estimate of drug-likeness (QED) is 0.671. The number of hydrogen-bond donors (Lipinski definition) is 1. The predicted octanol–water partition coefficient (Wildman–Crippen LogP) is 1.99. The highest BCUT2D eigenvalue weighted by Crippen LogP contribution is 2.10. The van der Waals surface area contributed by atoms with Crippen LogP contribution in [0.3, 0.4) is 0 Å². The number of guanidine groups is 1. The van der Waals surface area contributed by atoms with Crippen LogP contribution in [-0.4, -0.2) is 61.4 Å². The Kier molecular flexibility index (Phi) is 5.88. The van der Waals surface area contributed by atoms with E-state index in [9.17, 15) is 9.18 Å². The molecule has 3 rings (SSSR count). The number of hydrogen-bond acceptors (Lipinski definition) is 3. The molecular weight excluding hydrogens is 335 g/mol. The highest BCUT2D eigenvalue weighted by Gasteiger charge is 2.25. The van der Waals surface area contributed by atoms with Crippen molar-refractivity contribution in [2.24, 2.45) is 4.99 Å². The van der Waals surface area contributed by atoms with Gasteiger partial charge in [0.2, 0.25) is 0 Å². The van der Waals surface area contributed by atoms with Crippen LogP contribution in [0, 0.1) is 5.82 Å². The highest BCUT2D eigenvalue weighted by molar-refractivity contribution is 5.91. The van der Waals surface area contributed by atoms with Gasteiger partial charge in [0.15, 0.2) is 11.7 Å². The van der Waals surface area contributed by atoms with E-state index in [0.29, 0.717) is 50.5 Å². The van der Waals surface area contributed by atoms with Crippen LogP contribution in [0.2, 0.25) is 0 Å². The van der Waals surface area contributed by atoms with Gasteiger partial charge < -0.3 is 19.5 Å². The van der Waals surface area contributed by atoms with Gasteiger partial charge in [-0.2, -0.15) is 0 Å². The van der Waals surface area contributed by atoms with Crippen LogP contribution < -0.4 is 5.32 Å². The Morgan fingerprint density at radius 2 is 1.88 bits per heavy atom. The fourth-order valence-corrected chi connectivity index (χ4v) is 3.02. The van der Waals surface area contributed by atoms with Crippen LogP contribution in [0.25, 0.3) is 0 Å². The van der Waals surface area contributed by atoms with Gasteiger partial charge in [-0.25, -0.2) is 4.39 Å². The van der Waals surface area contributed by atoms with Crippen molar-refractivity contribution in [2.75, 3.05) is 39.8 Å². The van der Waals surface area contributed by atoms with E-state index in [0.717, 1.165) is 5.96 Å². The third kappa shape index (κ3) is 4.22. The van der Waals surface area contributed by atoms with E-state index in [4.69, 9.17) is 4.42 Å². The minimum atomic E-state index is -0.186. The molecule has 1 N–H and O–H groups in total. The second kappa shape index (κ2) is 8.51. The fourth-order valence-electron chi connectivity index (χ4n) is 3.02. The number of aliphatic imine (C=N–C) groups is 1. The van der Waals surface area contributed by atoms with Crippen LogP contribution >= 0.6 is 0 Å². The van der Waals surface area contributed by atoms with Crippen LogP contribution in [-0.2, 0) is 6.42 Å². The molecule has 138 valence electrons. The summed E-state index contributed by atoms with van der Waals surface area (Å²) in [6.45, 7) is 3.18. The minimum absolute atomic E-state index is 0.0860. The Balaban J connectivity index is 1.48. The smallest absolute Gasteiger partial charge is 0.289 e. The number of rotatable bonds is 4. The summed E-state index contributed by atoms with van der Waals surface area (Å²) >= 11 is 0. The van der Waals surface area contributed by atoms with Crippen LogP contribution in [0.15, 0.2) is 52.1 Å². The number of nitrogens with zero attached hydrogens (tertiary/aromatic N) is 3. The predicted molar refractivity (Wildman–Crippen MR) is 97.7 cm³/mol. The second-order valence-electron chi connectivity index (χ2n) is 6.07. The Labute approximate surface area is 152 Å². The molecule has 7 heteroatoms. The molecule has 2 heterocycles. The maximum Gasteiger partial charge on any atom is 0.289 e. The standard InChI is InChI=1S/C19H23FN4O2/c1-21-19(22-9-8-15-5-2-3-6-16(15)20)24-12-10-23(11-13-24)18(25)17-7-4-14-26-17/h2-7,14H,8-13H2,1H3,(H,21,22). The molecule has 1 aliphatic rings. The minimum Gasteiger partial charge on any atom is -0.459 e. The lowest BCUT2D eigenvalue weighted by molar-refractivity contribution is 0.0658. The lowest BCUT2D eigenvalue weighted by Gasteiger charge is -2.36. The number of amides is 1. The number of benzene rings is 1. The topological polar surface area (TPSA) is 61.1 Å². The molecule has 0 bridgehead atoms. The second-order valence-corrected chi connectivity index (χ2v) is 6.07. The van der Waals surface area contributed by atoms with Gasteiger partial charge >= 0.3 is 0 Å². The normalized spacial score (nSPS) is 15.2. The van der Waals surface area contributed by atoms with Gasteiger partial charge in [0.05, 0.1) is 6.26 Å². The monoisotopic (exact) mass is 358 g/mol. The zero-order valence-corrected chi connectivity index (χ0v) is 14.8. The third-order valence-electron chi connectivity index (χ3n) is 4.45. The molecule has 0 radical (unpaired) electrons. The fraction of sp³-hybridized carbons (Fsp3) is 0.368. The third-order valence-corrected chi connectivity index (χ3v) is 4.45. The van der Waals surface area contributed by atoms with Crippen molar-refractivity contribution in [3.63, 3.8) is 0 Å². The molecule has 0 atom stereocenters. The number of furan rings is 1. The summed E-state index contributed by atoms with van der Waals surface area (Å²) in [5.74, 6) is 0.865. The van der Waals surface area contributed by atoms with E-state index in [-0.39, 0.29) is 11.7 Å². The Bertz CT molecular complexity index is 753. The summed E-state index contributed by atoms with van der Waals surface area (Å²) in [6, 6.07) is 10.2. The Morgan fingerprint density at radius 1 is 1.15 bits per heavy atom. The van der Waals surface area contributed by atoms with Crippen LogP contribution in [0.5, 0.6) is 0 Å². The van der Waals surface area contributed by atoms with Crippen LogP contribution in [0.4, 0.5) is 4.39 Å². The Hall–Kier alpha value is -2.83. The maximum absolute atomic E-state index is 13.7. The van der Waals surface area contributed by atoms with Gasteiger partial charge in [0.25, 0.3) is 5.91 Å². The molecule has 1 fully saturated rings. The average Bonchev–Trinajstić information content (AvgIpc) is 3.21. The summed E-state index contributed by atoms with van der Waals surface area (Å²) < 4.78 is 18.8. The van der Waals surface area contributed by atoms with Crippen molar-refractivity contribution in [1.82, 2.24) is 15.1 Å². The number of carbonyl (C=O) groups is 1. The van der Waals surface area contributed by atoms with Gasteiger partial charge in [-0.05, 0) is 30.2 Å². The van der Waals surface area contributed by atoms with Crippen molar-refractivity contribution in [3.8, 4) is 0 Å². The first-order valence-electron chi connectivity index (χ1n) is 8.71. The molecule has 2 aromatic rings. The number of halogens is 1. The summed E-state index contributed by atoms with van der Waals surface area (Å²) in [7, 11) is 1.73. The van der Waals surface area contributed by atoms with Gasteiger partial charge in [-0.15, -0.1) is 0 Å². The molecule has 26 heavy (non-hydrogen) atoms. The van der Waals surface area contributed by atoms with Crippen molar-refractivity contribution in [1.29, 1.82) is 0 Å². The van der Waals surface area contributed by atoms with E-state index in [1.165, 1.54) is 12.3 Å². The lowest BCUT2D eigenvalue weighted by Crippen LogP contribution is -2.54. The van der Waals surface area contributed by atoms with Gasteiger partial charge in [0, 0.05) is 39.8 Å². The first-order valence-corrected chi connectivity index (χ1v) is 8.71. The number of piperazine rings is 1. The van der Waals surface area contributed by atoms with Crippen molar-refractivity contribution >= 4 is 11.9 Å². The largest absolute Gasteiger partial charge is 0.459 e. The number of carbonyl (C=O) groups excluding carboxylic acids is 1. The molecule has 0 spiro atoms. The van der Waals surface area contributed by atoms with Gasteiger partial charge in [-0.3, -0.25) is 9.79 Å². The summed E-state index contributed by atoms with van der Waals surface area (Å²) in [5, 5.41) is 3.27. The van der Waals surface area contributed by atoms with E-state index < -0.39 is 0 Å². The molecule has 0 aliphatic carbocycles. The highest BCUT2D eigenvalue weighted by atomic mass is 19.1. The first-order chi connectivity index (χ1) is 12.7. The molecular formula is C19H23FN4O2. The average molecular weight is 358 g/mol. The summed E-state index contributed by atoms with van der Waals surface area (Å²) in [5.41, 5.74) is 0.685. The van der Waals surface area contributed by atoms with Crippen LogP contribution in [0.1, 0.15) is 16.1 Å². The van der Waals surface area contributed by atoms with Gasteiger partial charge in [0.1, 0.15) is 5.82 Å². The molecule has 6 nitrogen and oxygen atoms in total. The molecule has 1 aromatic carbocycles. The number of nitrogens with one attached hydrogen (secondary N) is 1. The molecule has 1 aromatic heterocycles. The zero-order valence-electron chi connectivity index (χ0n) is 14.8. The summed E-state index contributed by atoms with van der Waals surface area (Å²) in [4.78, 5) is 20.5.